The van der Waals surface area contributed by atoms with Crippen LogP contribution in [0.1, 0.15) is 71.4 Å². The average Bonchev–Trinajstić information content (AvgIpc) is 2.69. The Labute approximate surface area is 180 Å². The number of benzene rings is 2. The van der Waals surface area contributed by atoms with E-state index >= 15 is 0 Å². The van der Waals surface area contributed by atoms with Crippen LogP contribution in [-0.4, -0.2) is 26.2 Å². The summed E-state index contributed by atoms with van der Waals surface area (Å²) in [6.45, 7) is 8.12. The fourth-order valence-corrected chi connectivity index (χ4v) is 3.15. The van der Waals surface area contributed by atoms with Crippen molar-refractivity contribution in [1.29, 1.82) is 0 Å². The van der Waals surface area contributed by atoms with Crippen molar-refractivity contribution in [3.8, 4) is 0 Å². The van der Waals surface area contributed by atoms with Crippen molar-refractivity contribution in [2.45, 2.75) is 39.5 Å². The average molecular weight is 465 g/mol. The van der Waals surface area contributed by atoms with E-state index in [-0.39, 0.29) is 17.9 Å². The van der Waals surface area contributed by atoms with Gasteiger partial charge in [-0.1, -0.05) is 27.7 Å². The molecule has 0 saturated heterocycles. The van der Waals surface area contributed by atoms with Crippen LogP contribution in [0, 0.1) is 0 Å². The third-order valence-electron chi connectivity index (χ3n) is 4.33. The lowest BCUT2D eigenvalue weighted by molar-refractivity contribution is 0.0591. The lowest BCUT2D eigenvalue weighted by Crippen LogP contribution is -2.05. The number of hydrogen-bond donors (Lipinski definition) is 2. The second-order valence-electron chi connectivity index (χ2n) is 7.10. The van der Waals surface area contributed by atoms with Gasteiger partial charge in [0.2, 0.25) is 0 Å². The first-order chi connectivity index (χ1) is 13.5. The molecule has 2 aromatic carbocycles. The lowest BCUT2D eigenvalue weighted by atomic mass is 9.99. The highest BCUT2D eigenvalue weighted by Gasteiger charge is 2.14. The van der Waals surface area contributed by atoms with E-state index in [0.717, 1.165) is 15.6 Å². The summed E-state index contributed by atoms with van der Waals surface area (Å²) in [5.74, 6) is -0.102. The van der Waals surface area contributed by atoms with Crippen molar-refractivity contribution in [1.82, 2.24) is 0 Å². The molecule has 0 aliphatic heterocycles. The van der Waals surface area contributed by atoms with Gasteiger partial charge in [0.05, 0.1) is 25.3 Å². The number of rotatable bonds is 4. The third-order valence-corrected chi connectivity index (χ3v) is 4.99. The van der Waals surface area contributed by atoms with E-state index in [4.69, 9.17) is 11.5 Å². The summed E-state index contributed by atoms with van der Waals surface area (Å²) < 4.78 is 10.0. The summed E-state index contributed by atoms with van der Waals surface area (Å²) in [7, 11) is 2.73. The number of carbonyl (C=O) groups excluding carboxylic acids is 2. The Morgan fingerprint density at radius 3 is 1.79 bits per heavy atom. The van der Waals surface area contributed by atoms with Gasteiger partial charge in [-0.15, -0.1) is 0 Å². The number of halogens is 1. The predicted molar refractivity (Wildman–Crippen MR) is 120 cm³/mol. The van der Waals surface area contributed by atoms with Crippen LogP contribution in [0.15, 0.2) is 34.8 Å². The highest BCUT2D eigenvalue weighted by molar-refractivity contribution is 9.10. The minimum Gasteiger partial charge on any atom is -0.465 e. The quantitative estimate of drug-likeness (QED) is 0.480. The molecule has 0 bridgehead atoms. The van der Waals surface area contributed by atoms with Crippen molar-refractivity contribution in [2.24, 2.45) is 0 Å². The van der Waals surface area contributed by atoms with Crippen LogP contribution in [0.2, 0.25) is 0 Å². The number of hydrogen-bond acceptors (Lipinski definition) is 6. The summed E-state index contributed by atoms with van der Waals surface area (Å²) in [6, 6.07) is 8.64. The molecule has 0 unspecified atom stereocenters. The lowest BCUT2D eigenvalue weighted by Gasteiger charge is -2.12. The van der Waals surface area contributed by atoms with E-state index in [1.54, 1.807) is 30.3 Å². The van der Waals surface area contributed by atoms with Gasteiger partial charge in [0.25, 0.3) is 0 Å². The maximum absolute atomic E-state index is 11.4. The van der Waals surface area contributed by atoms with Crippen LogP contribution < -0.4 is 11.5 Å². The SMILES string of the molecule is COC(=O)c1cc(Br)c(N)c(C(C)C)c1.COC(=O)c1ccc(N)c(C(C)C)c1. The molecule has 2 aromatic rings. The molecule has 2 rings (SSSR count). The maximum Gasteiger partial charge on any atom is 0.337 e. The van der Waals surface area contributed by atoms with Gasteiger partial charge < -0.3 is 20.9 Å². The van der Waals surface area contributed by atoms with E-state index in [1.165, 1.54) is 14.2 Å². The zero-order valence-corrected chi connectivity index (χ0v) is 19.3. The van der Waals surface area contributed by atoms with Crippen LogP contribution in [0.3, 0.4) is 0 Å². The smallest absolute Gasteiger partial charge is 0.337 e. The monoisotopic (exact) mass is 464 g/mol. The van der Waals surface area contributed by atoms with Crippen LogP contribution in [0.4, 0.5) is 11.4 Å². The molecule has 6 nitrogen and oxygen atoms in total. The molecule has 0 spiro atoms. The summed E-state index contributed by atoms with van der Waals surface area (Å²) in [4.78, 5) is 22.6. The maximum atomic E-state index is 11.4. The standard InChI is InChI=1S/C11H14BrNO2.C11H15NO2/c1-6(2)8-4-7(11(14)15-3)5-9(12)10(8)13;1-7(2)9-6-8(11(13)14-3)4-5-10(9)12/h4-6H,13H2,1-3H3;4-7H,12H2,1-3H3. The Kier molecular flexibility index (Phi) is 9.17. The zero-order valence-electron chi connectivity index (χ0n) is 17.7. The second kappa shape index (κ2) is 10.9. The van der Waals surface area contributed by atoms with Crippen molar-refractivity contribution in [3.05, 3.63) is 57.1 Å². The Bertz CT molecular complexity index is 879. The van der Waals surface area contributed by atoms with Crippen molar-refractivity contribution < 1.29 is 19.1 Å². The van der Waals surface area contributed by atoms with Gasteiger partial charge in [-0.3, -0.25) is 0 Å². The van der Waals surface area contributed by atoms with E-state index in [0.29, 0.717) is 28.4 Å². The fraction of sp³-hybridized carbons (Fsp3) is 0.364. The van der Waals surface area contributed by atoms with Gasteiger partial charge in [-0.05, 0) is 69.2 Å². The number of ether oxygens (including phenoxy) is 2. The van der Waals surface area contributed by atoms with E-state index in [2.05, 4.69) is 25.4 Å². The molecule has 0 radical (unpaired) electrons. The Balaban J connectivity index is 0.000000291. The molecule has 0 amide bonds. The van der Waals surface area contributed by atoms with Crippen LogP contribution in [-0.2, 0) is 9.47 Å². The summed E-state index contributed by atoms with van der Waals surface area (Å²) in [5, 5.41) is 0. The fourth-order valence-electron chi connectivity index (χ4n) is 2.67. The molecule has 0 heterocycles. The van der Waals surface area contributed by atoms with Crippen molar-refractivity contribution in [3.63, 3.8) is 0 Å². The van der Waals surface area contributed by atoms with Gasteiger partial charge in [-0.25, -0.2) is 9.59 Å². The minimum atomic E-state index is -0.349. The topological polar surface area (TPSA) is 105 Å². The molecule has 7 heteroatoms. The molecule has 0 atom stereocenters. The normalized spacial score (nSPS) is 10.4. The molecule has 0 aliphatic rings. The number of nitrogen functional groups attached to an aromatic ring is 2. The second-order valence-corrected chi connectivity index (χ2v) is 7.95. The molecule has 4 N–H and O–H groups in total. The van der Waals surface area contributed by atoms with E-state index < -0.39 is 0 Å². The first kappa shape index (κ1) is 24.5. The number of nitrogens with two attached hydrogens (primary N) is 2. The predicted octanol–water partition coefficient (Wildman–Crippen LogP) is 5.12. The van der Waals surface area contributed by atoms with Gasteiger partial charge in [0.1, 0.15) is 0 Å². The summed E-state index contributed by atoms with van der Waals surface area (Å²) in [5.41, 5.74) is 16.1. The van der Waals surface area contributed by atoms with Gasteiger partial charge >= 0.3 is 11.9 Å². The van der Waals surface area contributed by atoms with Gasteiger partial charge in [0, 0.05) is 15.8 Å². The Morgan fingerprint density at radius 1 is 0.828 bits per heavy atom. The molecule has 29 heavy (non-hydrogen) atoms. The van der Waals surface area contributed by atoms with Crippen molar-refractivity contribution in [2.75, 3.05) is 25.7 Å². The molecule has 158 valence electrons. The first-order valence-electron chi connectivity index (χ1n) is 9.18. The molecule has 0 fully saturated rings. The largest absolute Gasteiger partial charge is 0.465 e. The van der Waals surface area contributed by atoms with Gasteiger partial charge in [-0.2, -0.15) is 0 Å². The third kappa shape index (κ3) is 6.49. The molecule has 0 saturated carbocycles. The first-order valence-corrected chi connectivity index (χ1v) is 9.97. The summed E-state index contributed by atoms with van der Waals surface area (Å²) >= 11 is 3.33. The highest BCUT2D eigenvalue weighted by Crippen LogP contribution is 2.30. The molecular formula is C22H29BrN2O4. The molecule has 0 aromatic heterocycles. The van der Waals surface area contributed by atoms with Crippen LogP contribution in [0.5, 0.6) is 0 Å². The number of carbonyl (C=O) groups is 2. The van der Waals surface area contributed by atoms with Crippen LogP contribution in [0.25, 0.3) is 0 Å². The summed E-state index contributed by atoms with van der Waals surface area (Å²) in [6.07, 6.45) is 0. The highest BCUT2D eigenvalue weighted by atomic mass is 79.9. The van der Waals surface area contributed by atoms with E-state index in [1.807, 2.05) is 27.7 Å². The number of esters is 2. The molecule has 0 aliphatic carbocycles. The minimum absolute atomic E-state index is 0.269. The van der Waals surface area contributed by atoms with Crippen LogP contribution >= 0.6 is 15.9 Å². The molecular weight excluding hydrogens is 436 g/mol. The Hall–Kier alpha value is -2.54. The van der Waals surface area contributed by atoms with Gasteiger partial charge in [0.15, 0.2) is 0 Å². The van der Waals surface area contributed by atoms with E-state index in [9.17, 15) is 9.59 Å². The van der Waals surface area contributed by atoms with Crippen molar-refractivity contribution >= 4 is 39.2 Å². The zero-order chi connectivity index (χ0) is 22.3. The number of methoxy groups -OCH3 is 2. The Morgan fingerprint density at radius 2 is 1.31 bits per heavy atom. The number of anilines is 2.